The van der Waals surface area contributed by atoms with Gasteiger partial charge in [0.05, 0.1) is 0 Å². The number of aliphatic imine (C=N–C) groups is 1. The molecular formula is C10H19F3IN3S. The molecule has 3 nitrogen and oxygen atoms in total. The smallest absolute Gasteiger partial charge is 0.370 e. The molecule has 1 saturated heterocycles. The summed E-state index contributed by atoms with van der Waals surface area (Å²) in [5.74, 6) is 2.53. The van der Waals surface area contributed by atoms with E-state index >= 15 is 0 Å². The van der Waals surface area contributed by atoms with Crippen LogP contribution in [-0.4, -0.2) is 48.2 Å². The van der Waals surface area contributed by atoms with Crippen molar-refractivity contribution in [1.29, 1.82) is 0 Å². The first-order chi connectivity index (χ1) is 7.99. The molecule has 0 aromatic carbocycles. The number of alkyl halides is 3. The van der Waals surface area contributed by atoms with Crippen molar-refractivity contribution in [2.75, 3.05) is 31.1 Å². The molecule has 0 radical (unpaired) electrons. The molecule has 0 unspecified atom stereocenters. The molecule has 0 atom stereocenters. The highest BCUT2D eigenvalue weighted by Crippen LogP contribution is 2.22. The zero-order valence-corrected chi connectivity index (χ0v) is 13.2. The molecule has 8 heteroatoms. The van der Waals surface area contributed by atoms with Crippen LogP contribution in [0, 0.1) is 0 Å². The van der Waals surface area contributed by atoms with Crippen molar-refractivity contribution in [3.63, 3.8) is 0 Å². The Morgan fingerprint density at radius 2 is 1.83 bits per heavy atom. The minimum atomic E-state index is -4.06. The average molecular weight is 397 g/mol. The van der Waals surface area contributed by atoms with Gasteiger partial charge in [-0.1, -0.05) is 0 Å². The highest BCUT2D eigenvalue weighted by Gasteiger charge is 2.25. The van der Waals surface area contributed by atoms with E-state index in [1.165, 1.54) is 0 Å². The van der Waals surface area contributed by atoms with Crippen LogP contribution in [-0.2, 0) is 0 Å². The molecule has 1 aliphatic heterocycles. The molecule has 0 aromatic rings. The summed E-state index contributed by atoms with van der Waals surface area (Å²) in [6.07, 6.45) is -4.24. The zero-order valence-electron chi connectivity index (χ0n) is 10.1. The Bertz CT molecular complexity index is 255. The zero-order chi connectivity index (χ0) is 12.7. The van der Waals surface area contributed by atoms with Gasteiger partial charge in [-0.05, 0) is 12.8 Å². The van der Waals surface area contributed by atoms with Gasteiger partial charge in [-0.3, -0.25) is 4.99 Å². The lowest BCUT2D eigenvalue weighted by Gasteiger charge is -2.27. The molecule has 1 rings (SSSR count). The van der Waals surface area contributed by atoms with E-state index in [4.69, 9.17) is 5.73 Å². The number of guanidine groups is 1. The van der Waals surface area contributed by atoms with E-state index in [1.54, 1.807) is 0 Å². The number of halogens is 4. The molecule has 0 spiro atoms. The molecule has 18 heavy (non-hydrogen) atoms. The summed E-state index contributed by atoms with van der Waals surface area (Å²) in [6.45, 7) is 2.14. The molecule has 0 amide bonds. The minimum Gasteiger partial charge on any atom is -0.370 e. The van der Waals surface area contributed by atoms with E-state index in [9.17, 15) is 13.2 Å². The monoisotopic (exact) mass is 397 g/mol. The summed E-state index contributed by atoms with van der Waals surface area (Å²) >= 11 is 1.87. The van der Waals surface area contributed by atoms with Gasteiger partial charge in [0.2, 0.25) is 0 Å². The first kappa shape index (κ1) is 18.1. The summed E-state index contributed by atoms with van der Waals surface area (Å²) in [6, 6.07) is 0. The van der Waals surface area contributed by atoms with Crippen LogP contribution in [0.25, 0.3) is 0 Å². The van der Waals surface area contributed by atoms with Gasteiger partial charge in [0, 0.05) is 37.6 Å². The number of nitrogens with zero attached hydrogens (tertiary/aromatic N) is 2. The Morgan fingerprint density at radius 3 is 2.39 bits per heavy atom. The van der Waals surface area contributed by atoms with Gasteiger partial charge < -0.3 is 10.6 Å². The number of hydrogen-bond acceptors (Lipinski definition) is 2. The van der Waals surface area contributed by atoms with Crippen molar-refractivity contribution in [2.24, 2.45) is 10.7 Å². The average Bonchev–Trinajstić information content (AvgIpc) is 2.28. The van der Waals surface area contributed by atoms with Gasteiger partial charge in [-0.2, -0.15) is 24.9 Å². The second kappa shape index (κ2) is 9.11. The molecule has 108 valence electrons. The van der Waals surface area contributed by atoms with Gasteiger partial charge >= 0.3 is 6.18 Å². The molecule has 2 N–H and O–H groups in total. The largest absolute Gasteiger partial charge is 0.389 e. The Morgan fingerprint density at radius 1 is 1.22 bits per heavy atom. The highest BCUT2D eigenvalue weighted by molar-refractivity contribution is 14.0. The maximum Gasteiger partial charge on any atom is 0.389 e. The van der Waals surface area contributed by atoms with Gasteiger partial charge in [0.15, 0.2) is 5.96 Å². The molecule has 0 aliphatic carbocycles. The summed E-state index contributed by atoms with van der Waals surface area (Å²) < 4.78 is 35.6. The third-order valence-corrected chi connectivity index (χ3v) is 3.42. The topological polar surface area (TPSA) is 41.6 Å². The number of unbranched alkanes of at least 4 members (excludes halogenated alkanes) is 1. The van der Waals surface area contributed by atoms with Crippen molar-refractivity contribution < 1.29 is 13.2 Å². The third-order valence-electron chi connectivity index (χ3n) is 2.48. The van der Waals surface area contributed by atoms with Crippen molar-refractivity contribution in [2.45, 2.75) is 25.4 Å². The molecule has 1 heterocycles. The summed E-state index contributed by atoms with van der Waals surface area (Å²) in [7, 11) is 0. The number of thioether (sulfide) groups is 1. The van der Waals surface area contributed by atoms with E-state index in [1.807, 2.05) is 16.7 Å². The van der Waals surface area contributed by atoms with Crippen LogP contribution in [0.4, 0.5) is 13.2 Å². The third kappa shape index (κ3) is 8.28. The van der Waals surface area contributed by atoms with E-state index < -0.39 is 12.6 Å². The number of rotatable bonds is 4. The van der Waals surface area contributed by atoms with Crippen LogP contribution < -0.4 is 5.73 Å². The normalized spacial score (nSPS) is 17.5. The van der Waals surface area contributed by atoms with Crippen LogP contribution in [0.5, 0.6) is 0 Å². The van der Waals surface area contributed by atoms with E-state index in [2.05, 4.69) is 4.99 Å². The lowest BCUT2D eigenvalue weighted by molar-refractivity contribution is -0.135. The second-order valence-electron chi connectivity index (χ2n) is 3.91. The highest BCUT2D eigenvalue weighted by atomic mass is 127. The summed E-state index contributed by atoms with van der Waals surface area (Å²) in [4.78, 5) is 6.10. The van der Waals surface area contributed by atoms with Crippen molar-refractivity contribution in [3.05, 3.63) is 0 Å². The Hall–Kier alpha value is 0.140. The van der Waals surface area contributed by atoms with Crippen LogP contribution in [0.2, 0.25) is 0 Å². The molecule has 1 aliphatic rings. The quantitative estimate of drug-likeness (QED) is 0.343. The predicted molar refractivity (Wildman–Crippen MR) is 80.7 cm³/mol. The Labute approximate surface area is 127 Å². The van der Waals surface area contributed by atoms with Gasteiger partial charge in [0.1, 0.15) is 0 Å². The van der Waals surface area contributed by atoms with Crippen LogP contribution in [0.15, 0.2) is 4.99 Å². The molecule has 0 bridgehead atoms. The first-order valence-electron chi connectivity index (χ1n) is 5.68. The van der Waals surface area contributed by atoms with Crippen LogP contribution >= 0.6 is 35.7 Å². The van der Waals surface area contributed by atoms with Crippen LogP contribution in [0.3, 0.4) is 0 Å². The molecular weight excluding hydrogens is 378 g/mol. The molecule has 0 saturated carbocycles. The summed E-state index contributed by atoms with van der Waals surface area (Å²) in [5, 5.41) is 0. The Kier molecular flexibility index (Phi) is 9.18. The van der Waals surface area contributed by atoms with Gasteiger partial charge in [-0.25, -0.2) is 0 Å². The lowest BCUT2D eigenvalue weighted by Crippen LogP contribution is -2.42. The number of hydrogen-bond donors (Lipinski definition) is 1. The minimum absolute atomic E-state index is 0. The molecule has 0 aromatic heterocycles. The van der Waals surface area contributed by atoms with Gasteiger partial charge in [0.25, 0.3) is 0 Å². The molecule has 1 fully saturated rings. The standard InChI is InChI=1S/C10H18F3N3S.HI/c11-10(12,13)3-1-2-4-15-9(14)16-5-7-17-8-6-16;/h1-8H2,(H2,14,15);1H. The fraction of sp³-hybridized carbons (Fsp3) is 0.900. The fourth-order valence-corrected chi connectivity index (χ4v) is 2.43. The van der Waals surface area contributed by atoms with E-state index in [0.717, 1.165) is 24.6 Å². The number of nitrogens with two attached hydrogens (primary N) is 1. The van der Waals surface area contributed by atoms with Crippen molar-refractivity contribution >= 4 is 41.7 Å². The van der Waals surface area contributed by atoms with Crippen LogP contribution in [0.1, 0.15) is 19.3 Å². The lowest BCUT2D eigenvalue weighted by atomic mass is 10.2. The van der Waals surface area contributed by atoms with Crippen molar-refractivity contribution in [3.8, 4) is 0 Å². The second-order valence-corrected chi connectivity index (χ2v) is 5.14. The Balaban J connectivity index is 0.00000289. The SMILES string of the molecule is I.NC(=NCCCCC(F)(F)F)N1CCSCC1. The fourth-order valence-electron chi connectivity index (χ4n) is 1.52. The van der Waals surface area contributed by atoms with Crippen molar-refractivity contribution in [1.82, 2.24) is 4.90 Å². The maximum atomic E-state index is 11.9. The van der Waals surface area contributed by atoms with Gasteiger partial charge in [-0.15, -0.1) is 24.0 Å². The predicted octanol–water partition coefficient (Wildman–Crippen LogP) is 2.70. The first-order valence-corrected chi connectivity index (χ1v) is 6.84. The maximum absolute atomic E-state index is 11.9. The van der Waals surface area contributed by atoms with E-state index in [0.29, 0.717) is 18.9 Å². The van der Waals surface area contributed by atoms with E-state index in [-0.39, 0.29) is 30.4 Å². The summed E-state index contributed by atoms with van der Waals surface area (Å²) in [5.41, 5.74) is 5.76.